The van der Waals surface area contributed by atoms with E-state index in [-0.39, 0.29) is 0 Å². The minimum atomic E-state index is 0.314. The lowest BCUT2D eigenvalue weighted by atomic mass is 10.1. The Labute approximate surface area is 86.5 Å². The highest BCUT2D eigenvalue weighted by Crippen LogP contribution is 2.00. The molecule has 1 unspecified atom stereocenters. The molecule has 2 nitrogen and oxygen atoms in total. The van der Waals surface area contributed by atoms with Gasteiger partial charge in [-0.15, -0.1) is 0 Å². The standard InChI is InChI=1S/C10H23NOS/c1-3-13-8-4-6-11-9-10(2)5-7-12/h10-12H,3-9H2,1-2H3. The number of rotatable bonds is 9. The summed E-state index contributed by atoms with van der Waals surface area (Å²) < 4.78 is 0. The lowest BCUT2D eigenvalue weighted by molar-refractivity contribution is 0.260. The smallest absolute Gasteiger partial charge is 0.0434 e. The Bertz CT molecular complexity index is 101. The van der Waals surface area contributed by atoms with E-state index in [0.717, 1.165) is 19.5 Å². The zero-order valence-electron chi connectivity index (χ0n) is 8.88. The quantitative estimate of drug-likeness (QED) is 0.562. The monoisotopic (exact) mass is 205 g/mol. The van der Waals surface area contributed by atoms with Crippen molar-refractivity contribution in [2.75, 3.05) is 31.2 Å². The van der Waals surface area contributed by atoms with Gasteiger partial charge in [-0.25, -0.2) is 0 Å². The fraction of sp³-hybridized carbons (Fsp3) is 1.00. The maximum absolute atomic E-state index is 8.68. The van der Waals surface area contributed by atoms with E-state index in [1.807, 2.05) is 11.8 Å². The van der Waals surface area contributed by atoms with Crippen LogP contribution < -0.4 is 5.32 Å². The van der Waals surface area contributed by atoms with Gasteiger partial charge in [-0.05, 0) is 43.4 Å². The normalized spacial score (nSPS) is 13.2. The summed E-state index contributed by atoms with van der Waals surface area (Å²) in [7, 11) is 0. The topological polar surface area (TPSA) is 32.3 Å². The van der Waals surface area contributed by atoms with Crippen LogP contribution in [0.4, 0.5) is 0 Å². The Hall–Kier alpha value is 0.270. The molecule has 0 rings (SSSR count). The van der Waals surface area contributed by atoms with Crippen molar-refractivity contribution in [1.82, 2.24) is 5.32 Å². The molecule has 0 radical (unpaired) electrons. The second-order valence-electron chi connectivity index (χ2n) is 3.37. The molecule has 1 atom stereocenters. The third kappa shape index (κ3) is 10.2. The van der Waals surface area contributed by atoms with Crippen LogP contribution in [-0.2, 0) is 0 Å². The fourth-order valence-electron chi connectivity index (χ4n) is 1.11. The molecule has 0 aliphatic heterocycles. The highest BCUT2D eigenvalue weighted by molar-refractivity contribution is 7.99. The van der Waals surface area contributed by atoms with Crippen molar-refractivity contribution >= 4 is 11.8 Å². The van der Waals surface area contributed by atoms with Crippen molar-refractivity contribution in [3.05, 3.63) is 0 Å². The zero-order chi connectivity index (χ0) is 9.94. The summed E-state index contributed by atoms with van der Waals surface area (Å²) in [6, 6.07) is 0. The van der Waals surface area contributed by atoms with Crippen molar-refractivity contribution in [3.63, 3.8) is 0 Å². The Balaban J connectivity index is 2.97. The number of hydrogen-bond donors (Lipinski definition) is 2. The van der Waals surface area contributed by atoms with E-state index in [1.54, 1.807) is 0 Å². The van der Waals surface area contributed by atoms with Gasteiger partial charge >= 0.3 is 0 Å². The Morgan fingerprint density at radius 3 is 2.85 bits per heavy atom. The van der Waals surface area contributed by atoms with Crippen molar-refractivity contribution < 1.29 is 5.11 Å². The van der Waals surface area contributed by atoms with E-state index in [0.29, 0.717) is 12.5 Å². The maximum Gasteiger partial charge on any atom is 0.0434 e. The molecule has 0 saturated heterocycles. The number of aliphatic hydroxyl groups excluding tert-OH is 1. The third-order valence-corrected chi connectivity index (χ3v) is 2.95. The molecule has 0 aromatic heterocycles. The van der Waals surface area contributed by atoms with Crippen molar-refractivity contribution in [2.45, 2.75) is 26.7 Å². The molecular formula is C10H23NOS. The van der Waals surface area contributed by atoms with Crippen LogP contribution in [0.15, 0.2) is 0 Å². The van der Waals surface area contributed by atoms with Crippen LogP contribution in [0.5, 0.6) is 0 Å². The molecule has 0 aliphatic carbocycles. The van der Waals surface area contributed by atoms with Crippen LogP contribution in [0, 0.1) is 5.92 Å². The summed E-state index contributed by atoms with van der Waals surface area (Å²) in [4.78, 5) is 0. The van der Waals surface area contributed by atoms with Gasteiger partial charge in [0.15, 0.2) is 0 Å². The van der Waals surface area contributed by atoms with Crippen LogP contribution in [-0.4, -0.2) is 36.3 Å². The van der Waals surface area contributed by atoms with Gasteiger partial charge < -0.3 is 10.4 Å². The minimum absolute atomic E-state index is 0.314. The molecule has 0 aliphatic rings. The van der Waals surface area contributed by atoms with E-state index in [1.165, 1.54) is 17.9 Å². The average Bonchev–Trinajstić information content (AvgIpc) is 2.11. The van der Waals surface area contributed by atoms with E-state index in [2.05, 4.69) is 19.2 Å². The SMILES string of the molecule is CCSCCCNCC(C)CCO. The number of nitrogens with one attached hydrogen (secondary N) is 1. The lowest BCUT2D eigenvalue weighted by Crippen LogP contribution is -2.23. The summed E-state index contributed by atoms with van der Waals surface area (Å²) >= 11 is 2.00. The highest BCUT2D eigenvalue weighted by atomic mass is 32.2. The van der Waals surface area contributed by atoms with Gasteiger partial charge in [-0.3, -0.25) is 0 Å². The molecule has 13 heavy (non-hydrogen) atoms. The summed E-state index contributed by atoms with van der Waals surface area (Å²) in [5, 5.41) is 12.1. The van der Waals surface area contributed by atoms with E-state index < -0.39 is 0 Å². The third-order valence-electron chi connectivity index (χ3n) is 1.96. The lowest BCUT2D eigenvalue weighted by Gasteiger charge is -2.10. The van der Waals surface area contributed by atoms with E-state index in [4.69, 9.17) is 5.11 Å². The van der Waals surface area contributed by atoms with Gasteiger partial charge in [0.1, 0.15) is 0 Å². The predicted octanol–water partition coefficient (Wildman–Crippen LogP) is 1.74. The van der Waals surface area contributed by atoms with Crippen LogP contribution in [0.25, 0.3) is 0 Å². The largest absolute Gasteiger partial charge is 0.396 e. The first-order valence-corrected chi connectivity index (χ1v) is 6.36. The summed E-state index contributed by atoms with van der Waals surface area (Å²) in [5.74, 6) is 3.09. The van der Waals surface area contributed by atoms with E-state index >= 15 is 0 Å². The van der Waals surface area contributed by atoms with Gasteiger partial charge in [0.05, 0.1) is 0 Å². The van der Waals surface area contributed by atoms with Crippen molar-refractivity contribution in [2.24, 2.45) is 5.92 Å². The zero-order valence-corrected chi connectivity index (χ0v) is 9.70. The van der Waals surface area contributed by atoms with Crippen LogP contribution >= 0.6 is 11.8 Å². The van der Waals surface area contributed by atoms with Crippen LogP contribution in [0.3, 0.4) is 0 Å². The average molecular weight is 205 g/mol. The highest BCUT2D eigenvalue weighted by Gasteiger charge is 1.99. The Kier molecular flexibility index (Phi) is 10.6. The molecule has 0 saturated carbocycles. The Morgan fingerprint density at radius 1 is 1.46 bits per heavy atom. The number of thioether (sulfide) groups is 1. The second kappa shape index (κ2) is 10.4. The summed E-state index contributed by atoms with van der Waals surface area (Å²) in [6.07, 6.45) is 2.17. The second-order valence-corrected chi connectivity index (χ2v) is 4.77. The molecule has 3 heteroatoms. The van der Waals surface area contributed by atoms with Crippen LogP contribution in [0.1, 0.15) is 26.7 Å². The van der Waals surface area contributed by atoms with Gasteiger partial charge in [-0.1, -0.05) is 13.8 Å². The van der Waals surface area contributed by atoms with Gasteiger partial charge in [0.25, 0.3) is 0 Å². The summed E-state index contributed by atoms with van der Waals surface area (Å²) in [5.41, 5.74) is 0. The first-order chi connectivity index (χ1) is 6.31. The fourth-order valence-corrected chi connectivity index (χ4v) is 1.75. The minimum Gasteiger partial charge on any atom is -0.396 e. The van der Waals surface area contributed by atoms with E-state index in [9.17, 15) is 0 Å². The Morgan fingerprint density at radius 2 is 2.23 bits per heavy atom. The van der Waals surface area contributed by atoms with Gasteiger partial charge in [-0.2, -0.15) is 11.8 Å². The van der Waals surface area contributed by atoms with Crippen molar-refractivity contribution in [1.29, 1.82) is 0 Å². The predicted molar refractivity (Wildman–Crippen MR) is 61.4 cm³/mol. The molecule has 0 heterocycles. The molecule has 2 N–H and O–H groups in total. The van der Waals surface area contributed by atoms with Gasteiger partial charge in [0, 0.05) is 6.61 Å². The molecule has 0 aromatic rings. The molecule has 0 spiro atoms. The molecule has 0 fully saturated rings. The molecule has 0 amide bonds. The van der Waals surface area contributed by atoms with Crippen molar-refractivity contribution in [3.8, 4) is 0 Å². The first kappa shape index (κ1) is 13.3. The maximum atomic E-state index is 8.68. The molecule has 0 aromatic carbocycles. The molecule has 0 bridgehead atoms. The van der Waals surface area contributed by atoms with Crippen LogP contribution in [0.2, 0.25) is 0 Å². The summed E-state index contributed by atoms with van der Waals surface area (Å²) in [6.45, 7) is 6.83. The molecular weight excluding hydrogens is 182 g/mol. The molecule has 80 valence electrons. The van der Waals surface area contributed by atoms with Gasteiger partial charge in [0.2, 0.25) is 0 Å². The number of hydrogen-bond acceptors (Lipinski definition) is 3. The first-order valence-electron chi connectivity index (χ1n) is 5.20. The number of aliphatic hydroxyl groups is 1.